The predicted octanol–water partition coefficient (Wildman–Crippen LogP) is 3.41. The smallest absolute Gasteiger partial charge is 0.303 e. The number of sulfonamides is 1. The number of benzene rings is 1. The lowest BCUT2D eigenvalue weighted by atomic mass is 10.1. The molecule has 0 aromatic heterocycles. The molecule has 1 unspecified atom stereocenters. The highest BCUT2D eigenvalue weighted by Crippen LogP contribution is 2.27. The lowest BCUT2D eigenvalue weighted by Crippen LogP contribution is -2.36. The van der Waals surface area contributed by atoms with Crippen LogP contribution in [0.2, 0.25) is 0 Å². The molecule has 1 heterocycles. The van der Waals surface area contributed by atoms with Crippen LogP contribution in [-0.2, 0) is 20.6 Å². The average molecular weight is 353 g/mol. The summed E-state index contributed by atoms with van der Waals surface area (Å²) in [6.45, 7) is 0.624. The van der Waals surface area contributed by atoms with E-state index >= 15 is 0 Å². The highest BCUT2D eigenvalue weighted by atomic mass is 32.2. The zero-order valence-corrected chi connectivity index (χ0v) is 14.9. The summed E-state index contributed by atoms with van der Waals surface area (Å²) in [5, 5.41) is 8.61. The molecule has 1 aliphatic heterocycles. The third-order valence-electron chi connectivity index (χ3n) is 4.55. The van der Waals surface area contributed by atoms with E-state index in [1.54, 1.807) is 4.31 Å². The van der Waals surface area contributed by atoms with Gasteiger partial charge in [-0.3, -0.25) is 4.79 Å². The number of nitrogens with zero attached hydrogens (tertiary/aromatic N) is 1. The minimum absolute atomic E-state index is 0.0724. The van der Waals surface area contributed by atoms with Gasteiger partial charge < -0.3 is 5.11 Å². The van der Waals surface area contributed by atoms with Crippen molar-refractivity contribution in [3.05, 3.63) is 35.9 Å². The Morgan fingerprint density at radius 1 is 1.12 bits per heavy atom. The van der Waals surface area contributed by atoms with E-state index in [2.05, 4.69) is 0 Å². The molecule has 1 aromatic carbocycles. The highest BCUT2D eigenvalue weighted by molar-refractivity contribution is 7.88. The Kier molecular flexibility index (Phi) is 7.24. The van der Waals surface area contributed by atoms with Crippen LogP contribution in [-0.4, -0.2) is 36.4 Å². The maximum Gasteiger partial charge on any atom is 0.303 e. The van der Waals surface area contributed by atoms with Crippen molar-refractivity contribution in [3.8, 4) is 0 Å². The van der Waals surface area contributed by atoms with Gasteiger partial charge >= 0.3 is 5.97 Å². The van der Waals surface area contributed by atoms with Crippen molar-refractivity contribution in [1.29, 1.82) is 0 Å². The van der Waals surface area contributed by atoms with E-state index in [0.29, 0.717) is 13.0 Å². The number of carboxylic acids is 1. The second kappa shape index (κ2) is 9.18. The third-order valence-corrected chi connectivity index (χ3v) is 6.44. The number of aliphatic carboxylic acids is 1. The summed E-state index contributed by atoms with van der Waals surface area (Å²) in [6, 6.07) is 9.43. The van der Waals surface area contributed by atoms with Gasteiger partial charge in [-0.1, -0.05) is 49.6 Å². The van der Waals surface area contributed by atoms with Crippen LogP contribution in [0, 0.1) is 0 Å². The normalized spacial score (nSPS) is 18.8. The first-order valence-electron chi connectivity index (χ1n) is 8.74. The van der Waals surface area contributed by atoms with Crippen LogP contribution in [0.25, 0.3) is 0 Å². The molecule has 0 saturated carbocycles. The van der Waals surface area contributed by atoms with Gasteiger partial charge in [0.15, 0.2) is 0 Å². The van der Waals surface area contributed by atoms with E-state index in [1.165, 1.54) is 0 Å². The summed E-state index contributed by atoms with van der Waals surface area (Å²) in [5.74, 6) is -0.674. The van der Waals surface area contributed by atoms with Gasteiger partial charge in [0.1, 0.15) is 0 Å². The monoisotopic (exact) mass is 353 g/mol. The van der Waals surface area contributed by atoms with Gasteiger partial charge in [0.25, 0.3) is 0 Å². The summed E-state index contributed by atoms with van der Waals surface area (Å²) in [4.78, 5) is 10.5. The second-order valence-corrected chi connectivity index (χ2v) is 8.42. The fourth-order valence-electron chi connectivity index (χ4n) is 3.34. The van der Waals surface area contributed by atoms with E-state index in [4.69, 9.17) is 5.11 Å². The molecule has 134 valence electrons. The van der Waals surface area contributed by atoms with E-state index in [1.807, 2.05) is 30.3 Å². The molecule has 0 amide bonds. The molecular weight excluding hydrogens is 326 g/mol. The van der Waals surface area contributed by atoms with Crippen LogP contribution in [0.3, 0.4) is 0 Å². The third kappa shape index (κ3) is 5.91. The molecule has 1 atom stereocenters. The van der Waals surface area contributed by atoms with Gasteiger partial charge in [-0.2, -0.15) is 4.31 Å². The molecule has 1 saturated heterocycles. The first kappa shape index (κ1) is 18.9. The Bertz CT molecular complexity index is 615. The fraction of sp³-hybridized carbons (Fsp3) is 0.611. The molecule has 0 aliphatic carbocycles. The summed E-state index contributed by atoms with van der Waals surface area (Å²) in [5.41, 5.74) is 0.830. The molecule has 1 fully saturated rings. The lowest BCUT2D eigenvalue weighted by Gasteiger charge is -2.24. The average Bonchev–Trinajstić information content (AvgIpc) is 3.00. The van der Waals surface area contributed by atoms with Crippen molar-refractivity contribution >= 4 is 16.0 Å². The molecule has 0 bridgehead atoms. The van der Waals surface area contributed by atoms with Crippen LogP contribution in [0.4, 0.5) is 0 Å². The Labute approximate surface area is 144 Å². The molecule has 0 radical (unpaired) electrons. The molecule has 24 heavy (non-hydrogen) atoms. The molecule has 5 nitrogen and oxygen atoms in total. The maximum atomic E-state index is 12.7. The minimum Gasteiger partial charge on any atom is -0.481 e. The van der Waals surface area contributed by atoms with Crippen molar-refractivity contribution in [2.75, 3.05) is 6.54 Å². The Balaban J connectivity index is 1.80. The standard InChI is InChI=1S/C18H27NO4S/c20-18(21)13-7-2-1-6-11-17-12-8-14-19(17)24(22,23)15-16-9-4-3-5-10-16/h3-5,9-10,17H,1-2,6-8,11-15H2,(H,20,21). The number of hydrogen-bond donors (Lipinski definition) is 1. The number of unbranched alkanes of at least 4 members (excludes halogenated alkanes) is 3. The van der Waals surface area contributed by atoms with Gasteiger partial charge in [-0.15, -0.1) is 0 Å². The van der Waals surface area contributed by atoms with E-state index < -0.39 is 16.0 Å². The Morgan fingerprint density at radius 2 is 1.83 bits per heavy atom. The van der Waals surface area contributed by atoms with Crippen molar-refractivity contribution in [2.45, 2.75) is 63.2 Å². The van der Waals surface area contributed by atoms with Gasteiger partial charge in [-0.25, -0.2) is 8.42 Å². The van der Waals surface area contributed by atoms with Crippen LogP contribution in [0.15, 0.2) is 30.3 Å². The minimum atomic E-state index is -3.27. The number of carboxylic acid groups (broad SMARTS) is 1. The molecule has 0 spiro atoms. The first-order chi connectivity index (χ1) is 11.5. The quantitative estimate of drug-likeness (QED) is 0.654. The zero-order chi connectivity index (χ0) is 17.4. The SMILES string of the molecule is O=C(O)CCCCCCC1CCCN1S(=O)(=O)Cc1ccccc1. The largest absolute Gasteiger partial charge is 0.481 e. The molecule has 1 aromatic rings. The molecule has 1 N–H and O–H groups in total. The molecule has 1 aliphatic rings. The number of carbonyl (C=O) groups is 1. The zero-order valence-electron chi connectivity index (χ0n) is 14.1. The van der Waals surface area contributed by atoms with E-state index in [9.17, 15) is 13.2 Å². The van der Waals surface area contributed by atoms with E-state index in [0.717, 1.165) is 44.1 Å². The van der Waals surface area contributed by atoms with E-state index in [-0.39, 0.29) is 18.2 Å². The molecular formula is C18H27NO4S. The van der Waals surface area contributed by atoms with Crippen molar-refractivity contribution < 1.29 is 18.3 Å². The van der Waals surface area contributed by atoms with Crippen molar-refractivity contribution in [2.24, 2.45) is 0 Å². The maximum absolute atomic E-state index is 12.7. The lowest BCUT2D eigenvalue weighted by molar-refractivity contribution is -0.137. The van der Waals surface area contributed by atoms with Crippen LogP contribution < -0.4 is 0 Å². The topological polar surface area (TPSA) is 74.7 Å². The molecule has 2 rings (SSSR count). The van der Waals surface area contributed by atoms with Gasteiger partial charge in [0.05, 0.1) is 5.75 Å². The van der Waals surface area contributed by atoms with Gasteiger partial charge in [-0.05, 0) is 31.2 Å². The van der Waals surface area contributed by atoms with Crippen LogP contribution in [0.1, 0.15) is 56.9 Å². The number of rotatable bonds is 10. The summed E-state index contributed by atoms with van der Waals surface area (Å²) >= 11 is 0. The van der Waals surface area contributed by atoms with Gasteiger partial charge in [0.2, 0.25) is 10.0 Å². The summed E-state index contributed by atoms with van der Waals surface area (Å²) in [6.07, 6.45) is 6.49. The molecule has 6 heteroatoms. The highest BCUT2D eigenvalue weighted by Gasteiger charge is 2.33. The van der Waals surface area contributed by atoms with Crippen LogP contribution >= 0.6 is 0 Å². The number of hydrogen-bond acceptors (Lipinski definition) is 3. The summed E-state index contributed by atoms with van der Waals surface area (Å²) < 4.78 is 27.1. The Hall–Kier alpha value is -1.40. The fourth-order valence-corrected chi connectivity index (χ4v) is 5.19. The van der Waals surface area contributed by atoms with Crippen LogP contribution in [0.5, 0.6) is 0 Å². The summed E-state index contributed by atoms with van der Waals surface area (Å²) in [7, 11) is -3.27. The van der Waals surface area contributed by atoms with Crippen molar-refractivity contribution in [1.82, 2.24) is 4.31 Å². The Morgan fingerprint density at radius 3 is 2.54 bits per heavy atom. The first-order valence-corrected chi connectivity index (χ1v) is 10.4. The van der Waals surface area contributed by atoms with Gasteiger partial charge in [0, 0.05) is 19.0 Å². The predicted molar refractivity (Wildman–Crippen MR) is 94.1 cm³/mol. The second-order valence-electron chi connectivity index (χ2n) is 6.50. The van der Waals surface area contributed by atoms with Crippen molar-refractivity contribution in [3.63, 3.8) is 0 Å².